The summed E-state index contributed by atoms with van der Waals surface area (Å²) in [6.07, 6.45) is 9.21. The molecule has 1 fully saturated rings. The first-order chi connectivity index (χ1) is 17.9. The molecule has 194 valence electrons. The molecule has 1 saturated carbocycles. The molecule has 3 heterocycles. The van der Waals surface area contributed by atoms with Crippen LogP contribution in [0, 0.1) is 13.8 Å². The number of carbonyl (C=O) groups is 1. The Hall–Kier alpha value is -3.72. The van der Waals surface area contributed by atoms with Gasteiger partial charge in [0.05, 0.1) is 24.3 Å². The molecule has 5 rings (SSSR count). The van der Waals surface area contributed by atoms with E-state index in [0.717, 1.165) is 51.7 Å². The Morgan fingerprint density at radius 1 is 1.24 bits per heavy atom. The Bertz CT molecular complexity index is 1460. The summed E-state index contributed by atoms with van der Waals surface area (Å²) in [7, 11) is 0. The van der Waals surface area contributed by atoms with Crippen molar-refractivity contribution in [1.29, 1.82) is 0 Å². The molecule has 1 amide bonds. The summed E-state index contributed by atoms with van der Waals surface area (Å²) < 4.78 is 2.13. The number of hydrogen-bond acceptors (Lipinski definition) is 5. The van der Waals surface area contributed by atoms with Crippen molar-refractivity contribution in [2.45, 2.75) is 58.5 Å². The fourth-order valence-corrected chi connectivity index (χ4v) is 5.57. The molecule has 1 aromatic carbocycles. The van der Waals surface area contributed by atoms with Crippen molar-refractivity contribution in [2.24, 2.45) is 10.7 Å². The van der Waals surface area contributed by atoms with E-state index in [4.69, 9.17) is 10.8 Å². The highest BCUT2D eigenvalue weighted by molar-refractivity contribution is 6.09. The summed E-state index contributed by atoms with van der Waals surface area (Å²) in [4.78, 5) is 33.6. The Morgan fingerprint density at radius 2 is 2.03 bits per heavy atom. The fourth-order valence-electron chi connectivity index (χ4n) is 5.57. The van der Waals surface area contributed by atoms with Crippen LogP contribution in [0.4, 0.5) is 0 Å². The number of nitrogens with one attached hydrogen (secondary N) is 1. The number of H-pyrrole nitrogens is 1. The van der Waals surface area contributed by atoms with Crippen molar-refractivity contribution in [3.63, 3.8) is 0 Å². The molecule has 0 spiro atoms. The third kappa shape index (κ3) is 4.96. The van der Waals surface area contributed by atoms with E-state index >= 15 is 0 Å². The second-order valence-corrected chi connectivity index (χ2v) is 10.1. The van der Waals surface area contributed by atoms with Gasteiger partial charge in [0.25, 0.3) is 5.56 Å². The van der Waals surface area contributed by atoms with Gasteiger partial charge in [0.2, 0.25) is 5.91 Å². The number of aliphatic hydroxyl groups is 1. The third-order valence-electron chi connectivity index (χ3n) is 7.63. The molecule has 1 aliphatic heterocycles. The number of benzene rings is 1. The number of fused-ring (bicyclic) bond motifs is 1. The van der Waals surface area contributed by atoms with Crippen LogP contribution in [0.25, 0.3) is 16.5 Å². The molecule has 9 heteroatoms. The molecule has 37 heavy (non-hydrogen) atoms. The summed E-state index contributed by atoms with van der Waals surface area (Å²) >= 11 is 0. The van der Waals surface area contributed by atoms with Gasteiger partial charge in [0.1, 0.15) is 12.4 Å². The summed E-state index contributed by atoms with van der Waals surface area (Å²) in [5.74, 6) is 0.106. The molecule has 4 N–H and O–H groups in total. The van der Waals surface area contributed by atoms with E-state index in [1.807, 2.05) is 38.3 Å². The van der Waals surface area contributed by atoms with E-state index < -0.39 is 6.61 Å². The third-order valence-corrected chi connectivity index (χ3v) is 7.63. The van der Waals surface area contributed by atoms with E-state index in [9.17, 15) is 14.7 Å². The number of aromatic nitrogens is 3. The van der Waals surface area contributed by atoms with Crippen LogP contribution in [-0.4, -0.2) is 56.2 Å². The van der Waals surface area contributed by atoms with Gasteiger partial charge < -0.3 is 20.7 Å². The van der Waals surface area contributed by atoms with Crippen LogP contribution in [0.3, 0.4) is 0 Å². The minimum absolute atomic E-state index is 0.142. The highest BCUT2D eigenvalue weighted by atomic mass is 16.3. The molecule has 2 aromatic heterocycles. The van der Waals surface area contributed by atoms with Crippen LogP contribution >= 0.6 is 0 Å². The van der Waals surface area contributed by atoms with Crippen LogP contribution < -0.4 is 11.3 Å². The van der Waals surface area contributed by atoms with Gasteiger partial charge in [0.15, 0.2) is 0 Å². The number of pyridine rings is 1. The number of nitrogens with two attached hydrogens (primary N) is 1. The smallest absolute Gasteiger partial charge is 0.253 e. The van der Waals surface area contributed by atoms with Crippen molar-refractivity contribution >= 4 is 28.2 Å². The van der Waals surface area contributed by atoms with Crippen LogP contribution in [0.1, 0.15) is 66.1 Å². The summed E-state index contributed by atoms with van der Waals surface area (Å²) in [5, 5.41) is 14.9. The van der Waals surface area contributed by atoms with E-state index in [1.54, 1.807) is 4.90 Å². The van der Waals surface area contributed by atoms with Gasteiger partial charge in [-0.3, -0.25) is 19.3 Å². The number of carbonyl (C=O) groups excluding carboxylic acids is 1. The number of aliphatic imine (C=N–C) groups is 1. The van der Waals surface area contributed by atoms with Gasteiger partial charge in [-0.2, -0.15) is 5.10 Å². The first kappa shape index (κ1) is 25.0. The lowest BCUT2D eigenvalue weighted by Gasteiger charge is -2.26. The van der Waals surface area contributed by atoms with Crippen LogP contribution in [0.2, 0.25) is 0 Å². The van der Waals surface area contributed by atoms with E-state index in [-0.39, 0.29) is 18.0 Å². The topological polar surface area (TPSA) is 130 Å². The Morgan fingerprint density at radius 3 is 2.70 bits per heavy atom. The summed E-state index contributed by atoms with van der Waals surface area (Å²) in [6, 6.07) is 6.52. The standard InChI is InChI=1S/C28H34N6O3/c1-17-11-18(2)32-28(37)23(17)14-30-27(29)22-12-20(19-7-9-33(10-8-19)26(36)16-35)13-25-24(22)15-31-34(25)21-5-3-4-6-21/h7,11-13,15,21,35H,3-6,8-10,14,16H2,1-2H3,(H2,29,30)(H,32,37). The van der Waals surface area contributed by atoms with E-state index in [2.05, 4.69) is 20.7 Å². The highest BCUT2D eigenvalue weighted by Gasteiger charge is 2.23. The van der Waals surface area contributed by atoms with Crippen molar-refractivity contribution in [1.82, 2.24) is 19.7 Å². The zero-order chi connectivity index (χ0) is 26.1. The Labute approximate surface area is 215 Å². The number of nitrogens with zero attached hydrogens (tertiary/aromatic N) is 4. The highest BCUT2D eigenvalue weighted by Crippen LogP contribution is 2.35. The van der Waals surface area contributed by atoms with Gasteiger partial charge in [0, 0.05) is 35.3 Å². The number of amides is 1. The maximum Gasteiger partial charge on any atom is 0.253 e. The first-order valence-electron chi connectivity index (χ1n) is 12.9. The average molecular weight is 503 g/mol. The van der Waals surface area contributed by atoms with Crippen molar-refractivity contribution in [3.8, 4) is 0 Å². The first-order valence-corrected chi connectivity index (χ1v) is 12.9. The van der Waals surface area contributed by atoms with Crippen LogP contribution in [0.15, 0.2) is 40.3 Å². The number of aryl methyl sites for hydroxylation is 2. The predicted octanol–water partition coefficient (Wildman–Crippen LogP) is 2.97. The lowest BCUT2D eigenvalue weighted by atomic mass is 9.95. The fraction of sp³-hybridized carbons (Fsp3) is 0.429. The Balaban J connectivity index is 1.56. The monoisotopic (exact) mass is 502 g/mol. The zero-order valence-corrected chi connectivity index (χ0v) is 21.5. The molecule has 9 nitrogen and oxygen atoms in total. The second-order valence-electron chi connectivity index (χ2n) is 10.1. The number of hydrogen-bond donors (Lipinski definition) is 3. The van der Waals surface area contributed by atoms with Crippen molar-refractivity contribution < 1.29 is 9.90 Å². The number of aromatic amines is 1. The molecule has 0 radical (unpaired) electrons. The van der Waals surface area contributed by atoms with E-state index in [0.29, 0.717) is 37.0 Å². The van der Waals surface area contributed by atoms with Gasteiger partial charge in [-0.15, -0.1) is 0 Å². The molecular weight excluding hydrogens is 468 g/mol. The molecule has 2 aliphatic rings. The maximum absolute atomic E-state index is 12.5. The quantitative estimate of drug-likeness (QED) is 0.352. The summed E-state index contributed by atoms with van der Waals surface area (Å²) in [6.45, 7) is 4.50. The van der Waals surface area contributed by atoms with Crippen molar-refractivity contribution in [2.75, 3.05) is 19.7 Å². The SMILES string of the molecule is Cc1cc(C)c(CN=C(N)c2cc(C3=CCN(C(=O)CO)CC3)cc3c2cnn3C2CCCC2)c(=O)[nH]1. The second kappa shape index (κ2) is 10.3. The Kier molecular flexibility index (Phi) is 6.97. The minimum atomic E-state index is -0.476. The van der Waals surface area contributed by atoms with E-state index in [1.165, 1.54) is 12.8 Å². The average Bonchev–Trinajstić information content (AvgIpc) is 3.57. The lowest BCUT2D eigenvalue weighted by molar-refractivity contribution is -0.133. The van der Waals surface area contributed by atoms with Gasteiger partial charge in [-0.1, -0.05) is 18.9 Å². The molecule has 3 aromatic rings. The van der Waals surface area contributed by atoms with Gasteiger partial charge in [-0.25, -0.2) is 0 Å². The molecule has 1 aliphatic carbocycles. The predicted molar refractivity (Wildman–Crippen MR) is 144 cm³/mol. The normalized spacial score (nSPS) is 17.0. The van der Waals surface area contributed by atoms with Crippen molar-refractivity contribution in [3.05, 3.63) is 68.8 Å². The van der Waals surface area contributed by atoms with Crippen LogP contribution in [-0.2, 0) is 11.3 Å². The molecule has 0 saturated heterocycles. The zero-order valence-electron chi connectivity index (χ0n) is 21.5. The molecule has 0 unspecified atom stereocenters. The number of aliphatic hydroxyl groups excluding tert-OH is 1. The minimum Gasteiger partial charge on any atom is -0.387 e. The summed E-state index contributed by atoms with van der Waals surface area (Å²) in [5.41, 5.74) is 12.7. The maximum atomic E-state index is 12.5. The van der Waals surface area contributed by atoms with Gasteiger partial charge in [-0.05, 0) is 68.0 Å². The molecule has 0 atom stereocenters. The largest absolute Gasteiger partial charge is 0.387 e. The lowest BCUT2D eigenvalue weighted by Crippen LogP contribution is -2.36. The molecule has 0 bridgehead atoms. The number of rotatable bonds is 6. The van der Waals surface area contributed by atoms with Crippen LogP contribution in [0.5, 0.6) is 0 Å². The number of amidine groups is 1. The van der Waals surface area contributed by atoms with Gasteiger partial charge >= 0.3 is 0 Å². The molecular formula is C28H34N6O3.